The molecule has 0 radical (unpaired) electrons. The van der Waals surface area contributed by atoms with Gasteiger partial charge in [-0.25, -0.2) is 4.98 Å². The monoisotopic (exact) mass is 337 g/mol. The van der Waals surface area contributed by atoms with Crippen LogP contribution >= 0.6 is 11.6 Å². The van der Waals surface area contributed by atoms with E-state index in [0.29, 0.717) is 23.8 Å². The number of nitrogens with zero attached hydrogens (tertiary/aromatic N) is 3. The van der Waals surface area contributed by atoms with Crippen molar-refractivity contribution in [1.82, 2.24) is 15.3 Å². The number of carbonyl (C=O) groups is 1. The number of nitrogen functional groups attached to an aromatic ring is 1. The lowest BCUT2D eigenvalue weighted by atomic mass is 9.76. The second-order valence-corrected chi connectivity index (χ2v) is 8.38. The molecule has 0 aromatic carbocycles. The van der Waals surface area contributed by atoms with Gasteiger partial charge in [0.25, 0.3) is 0 Å². The third kappa shape index (κ3) is 3.28. The Labute approximate surface area is 141 Å². The molecule has 6 nitrogen and oxygen atoms in total. The van der Waals surface area contributed by atoms with Crippen molar-refractivity contribution in [3.05, 3.63) is 10.7 Å². The Morgan fingerprint density at radius 2 is 1.87 bits per heavy atom. The summed E-state index contributed by atoms with van der Waals surface area (Å²) in [6.07, 6.45) is 2.26. The van der Waals surface area contributed by atoms with E-state index >= 15 is 0 Å². The summed E-state index contributed by atoms with van der Waals surface area (Å²) in [5.74, 6) is 1.11. The second-order valence-electron chi connectivity index (χ2n) is 8.02. The lowest BCUT2D eigenvalue weighted by Gasteiger charge is -2.47. The molecule has 0 unspecified atom stereocenters. The summed E-state index contributed by atoms with van der Waals surface area (Å²) in [6.45, 7) is 9.47. The third-order valence-electron chi connectivity index (χ3n) is 4.55. The van der Waals surface area contributed by atoms with Crippen LogP contribution in [0.4, 0.5) is 11.8 Å². The SMILES string of the molecule is CC1(C)CC(CN2C(=O)Cc3c(Cl)nc(N)nc32)CC(C)(C)N1. The zero-order valence-corrected chi connectivity index (χ0v) is 14.9. The largest absolute Gasteiger partial charge is 0.368 e. The first kappa shape index (κ1) is 16.5. The molecule has 0 bridgehead atoms. The van der Waals surface area contributed by atoms with Gasteiger partial charge in [-0.2, -0.15) is 4.98 Å². The fraction of sp³-hybridized carbons (Fsp3) is 0.688. The van der Waals surface area contributed by atoms with Gasteiger partial charge in [-0.3, -0.25) is 9.69 Å². The molecular formula is C16H24ClN5O. The zero-order chi connectivity index (χ0) is 17.0. The van der Waals surface area contributed by atoms with Crippen LogP contribution in [0.3, 0.4) is 0 Å². The van der Waals surface area contributed by atoms with E-state index in [-0.39, 0.29) is 34.5 Å². The third-order valence-corrected chi connectivity index (χ3v) is 4.86. The number of nitrogens with two attached hydrogens (primary N) is 1. The van der Waals surface area contributed by atoms with Crippen molar-refractivity contribution in [3.63, 3.8) is 0 Å². The molecular weight excluding hydrogens is 314 g/mol. The van der Waals surface area contributed by atoms with Crippen LogP contribution < -0.4 is 16.0 Å². The average molecular weight is 338 g/mol. The van der Waals surface area contributed by atoms with E-state index in [0.717, 1.165) is 12.8 Å². The molecule has 3 N–H and O–H groups in total. The predicted octanol–water partition coefficient (Wildman–Crippen LogP) is 2.16. The van der Waals surface area contributed by atoms with Crippen LogP contribution in [0.2, 0.25) is 5.15 Å². The van der Waals surface area contributed by atoms with Gasteiger partial charge in [0.2, 0.25) is 11.9 Å². The van der Waals surface area contributed by atoms with E-state index in [2.05, 4.69) is 43.0 Å². The first-order valence-electron chi connectivity index (χ1n) is 7.98. The van der Waals surface area contributed by atoms with Crippen LogP contribution in [0, 0.1) is 5.92 Å². The van der Waals surface area contributed by atoms with E-state index in [1.54, 1.807) is 4.90 Å². The van der Waals surface area contributed by atoms with Crippen molar-refractivity contribution < 1.29 is 4.79 Å². The molecule has 0 spiro atoms. The topological polar surface area (TPSA) is 84.1 Å². The predicted molar refractivity (Wildman–Crippen MR) is 91.5 cm³/mol. The number of rotatable bonds is 2. The molecule has 0 aliphatic carbocycles. The van der Waals surface area contributed by atoms with Gasteiger partial charge < -0.3 is 11.1 Å². The van der Waals surface area contributed by atoms with Crippen LogP contribution in [-0.4, -0.2) is 33.5 Å². The molecule has 0 atom stereocenters. The van der Waals surface area contributed by atoms with Gasteiger partial charge >= 0.3 is 0 Å². The fourth-order valence-electron chi connectivity index (χ4n) is 4.31. The summed E-state index contributed by atoms with van der Waals surface area (Å²) in [5, 5.41) is 3.95. The lowest BCUT2D eigenvalue weighted by Crippen LogP contribution is -2.59. The number of anilines is 2. The van der Waals surface area contributed by atoms with Crippen molar-refractivity contribution in [1.29, 1.82) is 0 Å². The number of amides is 1. The fourth-order valence-corrected chi connectivity index (χ4v) is 4.55. The Bertz CT molecular complexity index is 642. The van der Waals surface area contributed by atoms with Crippen molar-refractivity contribution in [3.8, 4) is 0 Å². The van der Waals surface area contributed by atoms with Gasteiger partial charge in [-0.05, 0) is 46.5 Å². The summed E-state index contributed by atoms with van der Waals surface area (Å²) >= 11 is 6.12. The highest BCUT2D eigenvalue weighted by Crippen LogP contribution is 2.37. The highest BCUT2D eigenvalue weighted by molar-refractivity contribution is 6.31. The van der Waals surface area contributed by atoms with Crippen LogP contribution in [0.25, 0.3) is 0 Å². The average Bonchev–Trinajstić information content (AvgIpc) is 2.63. The van der Waals surface area contributed by atoms with Gasteiger partial charge in [0.1, 0.15) is 11.0 Å². The number of fused-ring (bicyclic) bond motifs is 1. The highest BCUT2D eigenvalue weighted by Gasteiger charge is 2.40. The minimum atomic E-state index is 0.0240. The number of piperidine rings is 1. The quantitative estimate of drug-likeness (QED) is 0.808. The lowest BCUT2D eigenvalue weighted by molar-refractivity contribution is -0.117. The van der Waals surface area contributed by atoms with Crippen molar-refractivity contribution >= 4 is 29.3 Å². The Balaban J connectivity index is 1.86. The smallest absolute Gasteiger partial charge is 0.232 e. The van der Waals surface area contributed by atoms with E-state index in [1.165, 1.54) is 0 Å². The van der Waals surface area contributed by atoms with E-state index in [4.69, 9.17) is 17.3 Å². The van der Waals surface area contributed by atoms with Crippen molar-refractivity contribution in [2.75, 3.05) is 17.2 Å². The minimum Gasteiger partial charge on any atom is -0.368 e. The number of hydrogen-bond acceptors (Lipinski definition) is 5. The first-order valence-corrected chi connectivity index (χ1v) is 8.36. The zero-order valence-electron chi connectivity index (χ0n) is 14.1. The Hall–Kier alpha value is -1.40. The first-order chi connectivity index (χ1) is 10.6. The Morgan fingerprint density at radius 3 is 2.48 bits per heavy atom. The molecule has 1 amide bonds. The Morgan fingerprint density at radius 1 is 1.26 bits per heavy atom. The van der Waals surface area contributed by atoms with Crippen LogP contribution in [0.5, 0.6) is 0 Å². The molecule has 1 aromatic heterocycles. The van der Waals surface area contributed by atoms with Crippen LogP contribution in [0.1, 0.15) is 46.1 Å². The number of nitrogens with one attached hydrogen (secondary N) is 1. The molecule has 126 valence electrons. The molecule has 1 fully saturated rings. The van der Waals surface area contributed by atoms with Gasteiger partial charge in [-0.15, -0.1) is 0 Å². The van der Waals surface area contributed by atoms with Crippen molar-refractivity contribution in [2.24, 2.45) is 5.92 Å². The second kappa shape index (κ2) is 5.31. The maximum absolute atomic E-state index is 12.4. The highest BCUT2D eigenvalue weighted by atomic mass is 35.5. The summed E-state index contributed by atoms with van der Waals surface area (Å²) in [4.78, 5) is 22.4. The molecule has 23 heavy (non-hydrogen) atoms. The number of hydrogen-bond donors (Lipinski definition) is 2. The molecule has 7 heteroatoms. The molecule has 3 heterocycles. The van der Waals surface area contributed by atoms with Gasteiger partial charge in [0.05, 0.1) is 6.42 Å². The molecule has 2 aliphatic heterocycles. The number of halogens is 1. The standard InChI is InChI=1S/C16H24ClN5O/c1-15(2)6-9(7-16(3,4)21-15)8-22-11(23)5-10-12(17)19-14(18)20-13(10)22/h9,21H,5-8H2,1-4H3,(H2,18,19,20). The summed E-state index contributed by atoms with van der Waals surface area (Å²) < 4.78 is 0. The maximum atomic E-state index is 12.4. The summed E-state index contributed by atoms with van der Waals surface area (Å²) in [5.41, 5.74) is 6.48. The van der Waals surface area contributed by atoms with E-state index in [9.17, 15) is 4.79 Å². The van der Waals surface area contributed by atoms with Gasteiger partial charge in [0.15, 0.2) is 0 Å². The van der Waals surface area contributed by atoms with E-state index in [1.807, 2.05) is 0 Å². The van der Waals surface area contributed by atoms with Crippen molar-refractivity contribution in [2.45, 2.75) is 58.0 Å². The molecule has 1 aromatic rings. The molecule has 3 rings (SSSR count). The van der Waals surface area contributed by atoms with E-state index < -0.39 is 0 Å². The molecule has 1 saturated heterocycles. The van der Waals surface area contributed by atoms with Crippen LogP contribution in [0.15, 0.2) is 0 Å². The normalized spacial score (nSPS) is 23.2. The van der Waals surface area contributed by atoms with Crippen LogP contribution in [-0.2, 0) is 11.2 Å². The Kier molecular flexibility index (Phi) is 3.80. The summed E-state index contributed by atoms with van der Waals surface area (Å²) in [6, 6.07) is 0. The molecule has 0 saturated carbocycles. The minimum absolute atomic E-state index is 0.0240. The summed E-state index contributed by atoms with van der Waals surface area (Å²) in [7, 11) is 0. The maximum Gasteiger partial charge on any atom is 0.232 e. The molecule has 2 aliphatic rings. The van der Waals surface area contributed by atoms with Gasteiger partial charge in [0, 0.05) is 23.2 Å². The number of carbonyl (C=O) groups excluding carboxylic acids is 1. The van der Waals surface area contributed by atoms with Gasteiger partial charge in [-0.1, -0.05) is 11.6 Å². The number of aromatic nitrogens is 2.